The van der Waals surface area contributed by atoms with Gasteiger partial charge in [-0.05, 0) is 55.8 Å². The van der Waals surface area contributed by atoms with Crippen LogP contribution in [0.15, 0.2) is 47.4 Å². The molecule has 6 heteroatoms. The largest absolute Gasteiger partial charge is 0.497 e. The lowest BCUT2D eigenvalue weighted by atomic mass is 10.1. The summed E-state index contributed by atoms with van der Waals surface area (Å²) in [6, 6.07) is 13.1. The Kier molecular flexibility index (Phi) is 7.30. The van der Waals surface area contributed by atoms with Crippen molar-refractivity contribution in [2.75, 3.05) is 17.7 Å². The minimum Gasteiger partial charge on any atom is -0.497 e. The van der Waals surface area contributed by atoms with Crippen molar-refractivity contribution >= 4 is 35.0 Å². The summed E-state index contributed by atoms with van der Waals surface area (Å²) in [4.78, 5) is 25.5. The minimum atomic E-state index is -0.272. The second-order valence-corrected chi connectivity index (χ2v) is 8.01. The molecule has 0 saturated heterocycles. The molecule has 2 rings (SSSR count). The number of methoxy groups -OCH3 is 1. The highest BCUT2D eigenvalue weighted by Crippen LogP contribution is 2.27. The number of aryl methyl sites for hydroxylation is 1. The van der Waals surface area contributed by atoms with Crippen molar-refractivity contribution in [2.24, 2.45) is 5.92 Å². The molecule has 0 heterocycles. The lowest BCUT2D eigenvalue weighted by Crippen LogP contribution is -2.23. The van der Waals surface area contributed by atoms with Crippen LogP contribution in [-0.2, 0) is 9.59 Å². The molecule has 0 saturated carbocycles. The average molecular weight is 387 g/mol. The SMILES string of the molecule is COc1ccc(SC(C)C(=O)Nc2cc(NC(=O)C(C)C)ccc2C)cc1. The molecule has 2 aromatic carbocycles. The number of carbonyl (C=O) groups is 2. The fourth-order valence-corrected chi connectivity index (χ4v) is 3.13. The van der Waals surface area contributed by atoms with Crippen LogP contribution in [0.5, 0.6) is 5.75 Å². The van der Waals surface area contributed by atoms with Gasteiger partial charge in [0.2, 0.25) is 11.8 Å². The normalized spacial score (nSPS) is 11.8. The number of rotatable bonds is 7. The molecule has 0 aliphatic carbocycles. The highest BCUT2D eigenvalue weighted by atomic mass is 32.2. The molecule has 5 nitrogen and oxygen atoms in total. The van der Waals surface area contributed by atoms with E-state index in [1.807, 2.05) is 64.1 Å². The molecule has 2 N–H and O–H groups in total. The molecule has 144 valence electrons. The van der Waals surface area contributed by atoms with Crippen molar-refractivity contribution in [1.29, 1.82) is 0 Å². The summed E-state index contributed by atoms with van der Waals surface area (Å²) < 4.78 is 5.15. The van der Waals surface area contributed by atoms with E-state index < -0.39 is 0 Å². The van der Waals surface area contributed by atoms with Gasteiger partial charge in [0.05, 0.1) is 12.4 Å². The highest BCUT2D eigenvalue weighted by molar-refractivity contribution is 8.00. The number of hydrogen-bond acceptors (Lipinski definition) is 4. The van der Waals surface area contributed by atoms with Crippen LogP contribution in [0.25, 0.3) is 0 Å². The van der Waals surface area contributed by atoms with Crippen LogP contribution in [0, 0.1) is 12.8 Å². The third-order valence-corrected chi connectivity index (χ3v) is 5.14. The Balaban J connectivity index is 2.03. The van der Waals surface area contributed by atoms with E-state index in [4.69, 9.17) is 4.74 Å². The summed E-state index contributed by atoms with van der Waals surface area (Å²) in [5.41, 5.74) is 2.31. The number of nitrogens with one attached hydrogen (secondary N) is 2. The molecule has 1 atom stereocenters. The van der Waals surface area contributed by atoms with E-state index in [1.54, 1.807) is 13.2 Å². The zero-order chi connectivity index (χ0) is 20.0. The van der Waals surface area contributed by atoms with E-state index in [0.717, 1.165) is 16.2 Å². The molecule has 27 heavy (non-hydrogen) atoms. The number of ether oxygens (including phenoxy) is 1. The highest BCUT2D eigenvalue weighted by Gasteiger charge is 2.16. The molecule has 0 aliphatic rings. The van der Waals surface area contributed by atoms with E-state index in [2.05, 4.69) is 10.6 Å². The van der Waals surface area contributed by atoms with Crippen LogP contribution in [0.4, 0.5) is 11.4 Å². The van der Waals surface area contributed by atoms with Crippen LogP contribution < -0.4 is 15.4 Å². The van der Waals surface area contributed by atoms with Crippen molar-refractivity contribution in [3.05, 3.63) is 48.0 Å². The maximum Gasteiger partial charge on any atom is 0.237 e. The number of thioether (sulfide) groups is 1. The molecule has 2 amide bonds. The predicted molar refractivity (Wildman–Crippen MR) is 112 cm³/mol. The molecule has 0 radical (unpaired) electrons. The molecule has 0 fully saturated rings. The molecular weight excluding hydrogens is 360 g/mol. The monoisotopic (exact) mass is 386 g/mol. The van der Waals surface area contributed by atoms with Crippen LogP contribution in [0.3, 0.4) is 0 Å². The van der Waals surface area contributed by atoms with Crippen molar-refractivity contribution in [3.63, 3.8) is 0 Å². The van der Waals surface area contributed by atoms with E-state index in [0.29, 0.717) is 11.4 Å². The van der Waals surface area contributed by atoms with Crippen LogP contribution in [0.2, 0.25) is 0 Å². The number of benzene rings is 2. The molecule has 0 spiro atoms. The Morgan fingerprint density at radius 1 is 0.963 bits per heavy atom. The quantitative estimate of drug-likeness (QED) is 0.676. The Bertz CT molecular complexity index is 804. The van der Waals surface area contributed by atoms with E-state index >= 15 is 0 Å². The van der Waals surface area contributed by atoms with Crippen LogP contribution in [-0.4, -0.2) is 24.2 Å². The fourth-order valence-electron chi connectivity index (χ4n) is 2.27. The Morgan fingerprint density at radius 2 is 1.63 bits per heavy atom. The van der Waals surface area contributed by atoms with Gasteiger partial charge < -0.3 is 15.4 Å². The third-order valence-electron chi connectivity index (χ3n) is 4.03. The topological polar surface area (TPSA) is 67.4 Å². The molecule has 1 unspecified atom stereocenters. The van der Waals surface area contributed by atoms with Gasteiger partial charge in [-0.15, -0.1) is 11.8 Å². The Morgan fingerprint density at radius 3 is 2.22 bits per heavy atom. The van der Waals surface area contributed by atoms with Gasteiger partial charge in [-0.25, -0.2) is 0 Å². The van der Waals surface area contributed by atoms with Gasteiger partial charge in [0.1, 0.15) is 5.75 Å². The second kappa shape index (κ2) is 9.46. The third kappa shape index (κ3) is 6.03. The summed E-state index contributed by atoms with van der Waals surface area (Å²) in [6.07, 6.45) is 0. The number of hydrogen-bond donors (Lipinski definition) is 2. The van der Waals surface area contributed by atoms with Gasteiger partial charge in [-0.3, -0.25) is 9.59 Å². The van der Waals surface area contributed by atoms with E-state index in [-0.39, 0.29) is 23.0 Å². The number of anilines is 2. The average Bonchev–Trinajstić information content (AvgIpc) is 2.64. The first kappa shape index (κ1) is 20.8. The van der Waals surface area contributed by atoms with E-state index in [9.17, 15) is 9.59 Å². The predicted octanol–water partition coefficient (Wildman–Crippen LogP) is 4.72. The maximum atomic E-state index is 12.6. The van der Waals surface area contributed by atoms with Gasteiger partial charge in [0.25, 0.3) is 0 Å². The van der Waals surface area contributed by atoms with Gasteiger partial charge in [-0.1, -0.05) is 19.9 Å². The van der Waals surface area contributed by atoms with Gasteiger partial charge in [0.15, 0.2) is 0 Å². The van der Waals surface area contributed by atoms with Crippen LogP contribution in [0.1, 0.15) is 26.3 Å². The number of carbonyl (C=O) groups excluding carboxylic acids is 2. The molecule has 0 aliphatic heterocycles. The summed E-state index contributed by atoms with van der Waals surface area (Å²) >= 11 is 1.48. The minimum absolute atomic E-state index is 0.0560. The molecule has 0 bridgehead atoms. The first-order chi connectivity index (χ1) is 12.8. The summed E-state index contributed by atoms with van der Waals surface area (Å²) in [5.74, 6) is 0.531. The second-order valence-electron chi connectivity index (χ2n) is 6.60. The standard InChI is InChI=1S/C21H26N2O3S/c1-13(2)20(24)22-16-7-6-14(3)19(12-16)23-21(25)15(4)27-18-10-8-17(26-5)9-11-18/h6-13,15H,1-5H3,(H,22,24)(H,23,25). The zero-order valence-electron chi connectivity index (χ0n) is 16.3. The van der Waals surface area contributed by atoms with Crippen molar-refractivity contribution in [1.82, 2.24) is 0 Å². The molecule has 0 aromatic heterocycles. The van der Waals surface area contributed by atoms with Crippen molar-refractivity contribution in [2.45, 2.75) is 37.8 Å². The lowest BCUT2D eigenvalue weighted by molar-refractivity contribution is -0.119. The zero-order valence-corrected chi connectivity index (χ0v) is 17.1. The summed E-state index contributed by atoms with van der Waals surface area (Å²) in [6.45, 7) is 7.46. The maximum absolute atomic E-state index is 12.6. The number of amides is 2. The molecular formula is C21H26N2O3S. The smallest absolute Gasteiger partial charge is 0.237 e. The van der Waals surface area contributed by atoms with Gasteiger partial charge >= 0.3 is 0 Å². The van der Waals surface area contributed by atoms with Crippen molar-refractivity contribution in [3.8, 4) is 5.75 Å². The van der Waals surface area contributed by atoms with Gasteiger partial charge in [0, 0.05) is 22.2 Å². The first-order valence-corrected chi connectivity index (χ1v) is 9.71. The Hall–Kier alpha value is -2.47. The summed E-state index contributed by atoms with van der Waals surface area (Å²) in [5, 5.41) is 5.54. The van der Waals surface area contributed by atoms with Crippen LogP contribution >= 0.6 is 11.8 Å². The van der Waals surface area contributed by atoms with E-state index in [1.165, 1.54) is 11.8 Å². The molecule has 2 aromatic rings. The lowest BCUT2D eigenvalue weighted by Gasteiger charge is -2.15. The van der Waals surface area contributed by atoms with Crippen molar-refractivity contribution < 1.29 is 14.3 Å². The van der Waals surface area contributed by atoms with Gasteiger partial charge in [-0.2, -0.15) is 0 Å². The Labute approximate surface area is 164 Å². The summed E-state index contributed by atoms with van der Waals surface area (Å²) in [7, 11) is 1.62. The first-order valence-electron chi connectivity index (χ1n) is 8.83. The fraction of sp³-hybridized carbons (Fsp3) is 0.333.